The Balaban J connectivity index is 1.04. The molecule has 0 aliphatic rings. The van der Waals surface area contributed by atoms with E-state index in [4.69, 9.17) is 19.4 Å². The van der Waals surface area contributed by atoms with Crippen LogP contribution >= 0.6 is 0 Å². The highest BCUT2D eigenvalue weighted by Crippen LogP contribution is 2.43. The maximum Gasteiger partial charge on any atom is 0.167 e. The molecule has 0 atom stereocenters. The van der Waals surface area contributed by atoms with E-state index in [0.29, 0.717) is 34.2 Å². The van der Waals surface area contributed by atoms with Crippen molar-refractivity contribution >= 4 is 65.6 Å². The van der Waals surface area contributed by atoms with E-state index in [0.717, 1.165) is 93.6 Å². The standard InChI is InChI=1S/C58H34N6O/c59-35-40-34-39(29-31-48(40)64-49-26-10-7-21-42(49)44-30-32-51-53(54(44)64)46-23-8-11-27-50(46)63(51)41-19-5-2-6-20-41)57-60-56(38-18-13-17-37(33-38)36-15-3-1-4-16-36)61-58(62-57)47-25-14-24-45-43-22-9-12-28-52(43)65-55(45)47/h1-34H. The van der Waals surface area contributed by atoms with Crippen molar-refractivity contribution < 1.29 is 4.42 Å². The lowest BCUT2D eigenvalue weighted by Gasteiger charge is -2.13. The minimum Gasteiger partial charge on any atom is -0.455 e. The zero-order valence-corrected chi connectivity index (χ0v) is 34.7. The summed E-state index contributed by atoms with van der Waals surface area (Å²) in [6.45, 7) is 0. The molecule has 9 aromatic carbocycles. The van der Waals surface area contributed by atoms with Crippen LogP contribution in [0.2, 0.25) is 0 Å². The second-order valence-electron chi connectivity index (χ2n) is 16.3. The summed E-state index contributed by atoms with van der Waals surface area (Å²) in [5.74, 6) is 1.43. The van der Waals surface area contributed by atoms with Gasteiger partial charge in [-0.05, 0) is 77.9 Å². The third-order valence-electron chi connectivity index (χ3n) is 12.6. The number of furan rings is 1. The molecule has 0 aliphatic carbocycles. The van der Waals surface area contributed by atoms with Crippen LogP contribution in [0.1, 0.15) is 5.56 Å². The van der Waals surface area contributed by atoms with Crippen molar-refractivity contribution in [1.29, 1.82) is 5.26 Å². The van der Waals surface area contributed by atoms with Gasteiger partial charge in [0.15, 0.2) is 17.5 Å². The van der Waals surface area contributed by atoms with Crippen LogP contribution in [0.25, 0.3) is 122 Å². The minimum atomic E-state index is 0.446. The number of hydrogen-bond acceptors (Lipinski definition) is 5. The van der Waals surface area contributed by atoms with Crippen molar-refractivity contribution in [2.45, 2.75) is 0 Å². The zero-order chi connectivity index (χ0) is 43.0. The first-order valence-electron chi connectivity index (χ1n) is 21.6. The molecule has 0 spiro atoms. The molecular weight excluding hydrogens is 797 g/mol. The summed E-state index contributed by atoms with van der Waals surface area (Å²) in [5.41, 5.74) is 12.5. The van der Waals surface area contributed by atoms with Gasteiger partial charge < -0.3 is 13.6 Å². The number of nitrogens with zero attached hydrogens (tertiary/aromatic N) is 6. The van der Waals surface area contributed by atoms with Crippen LogP contribution in [0.15, 0.2) is 211 Å². The smallest absolute Gasteiger partial charge is 0.167 e. The van der Waals surface area contributed by atoms with Crippen LogP contribution in [-0.4, -0.2) is 24.1 Å². The molecule has 4 aromatic heterocycles. The molecule has 13 aromatic rings. The van der Waals surface area contributed by atoms with Crippen molar-refractivity contribution in [3.05, 3.63) is 212 Å². The molecule has 0 aliphatic heterocycles. The first-order chi connectivity index (χ1) is 32.2. The fourth-order valence-corrected chi connectivity index (χ4v) is 9.72. The van der Waals surface area contributed by atoms with Gasteiger partial charge in [0.05, 0.1) is 38.9 Å². The predicted octanol–water partition coefficient (Wildman–Crippen LogP) is 14.5. The Labute approximate surface area is 372 Å². The number of fused-ring (bicyclic) bond motifs is 10. The fourth-order valence-electron chi connectivity index (χ4n) is 9.72. The normalized spacial score (nSPS) is 11.7. The summed E-state index contributed by atoms with van der Waals surface area (Å²) < 4.78 is 11.1. The average molecular weight is 831 g/mol. The largest absolute Gasteiger partial charge is 0.455 e. The molecule has 7 nitrogen and oxygen atoms in total. The Hall–Kier alpha value is -9.12. The lowest BCUT2D eigenvalue weighted by Crippen LogP contribution is -2.02. The number of nitriles is 1. The van der Waals surface area contributed by atoms with E-state index in [2.05, 4.69) is 137 Å². The van der Waals surface area contributed by atoms with Crippen LogP contribution in [0.3, 0.4) is 0 Å². The zero-order valence-electron chi connectivity index (χ0n) is 34.7. The Morgan fingerprint density at radius 1 is 0.415 bits per heavy atom. The van der Waals surface area contributed by atoms with Crippen LogP contribution in [0, 0.1) is 11.3 Å². The van der Waals surface area contributed by atoms with Gasteiger partial charge in [-0.3, -0.25) is 0 Å². The number of hydrogen-bond donors (Lipinski definition) is 0. The van der Waals surface area contributed by atoms with E-state index >= 15 is 0 Å². The quantitative estimate of drug-likeness (QED) is 0.167. The lowest BCUT2D eigenvalue weighted by atomic mass is 10.0. The van der Waals surface area contributed by atoms with Crippen LogP contribution in [0.5, 0.6) is 0 Å². The van der Waals surface area contributed by atoms with Gasteiger partial charge in [0.1, 0.15) is 17.2 Å². The highest BCUT2D eigenvalue weighted by molar-refractivity contribution is 6.26. The van der Waals surface area contributed by atoms with Crippen LogP contribution < -0.4 is 0 Å². The van der Waals surface area contributed by atoms with E-state index in [1.54, 1.807) is 0 Å². The van der Waals surface area contributed by atoms with E-state index < -0.39 is 0 Å². The van der Waals surface area contributed by atoms with Gasteiger partial charge in [0.25, 0.3) is 0 Å². The van der Waals surface area contributed by atoms with E-state index in [1.165, 1.54) is 0 Å². The molecule has 0 fully saturated rings. The van der Waals surface area contributed by atoms with Gasteiger partial charge in [-0.1, -0.05) is 140 Å². The Kier molecular flexibility index (Phi) is 8.14. The van der Waals surface area contributed by atoms with Crippen molar-refractivity contribution in [1.82, 2.24) is 24.1 Å². The maximum atomic E-state index is 11.1. The minimum absolute atomic E-state index is 0.446. The topological polar surface area (TPSA) is 85.5 Å². The summed E-state index contributed by atoms with van der Waals surface area (Å²) in [5, 5.41) is 17.6. The third kappa shape index (κ3) is 5.71. The SMILES string of the molecule is N#Cc1cc(-c2nc(-c3cccc(-c4ccccc4)c3)nc(-c3cccc4c3oc3ccccc34)n2)ccc1-n1c2ccccc2c2ccc3c(c4ccccc4n3-c3ccccc3)c21. The first kappa shape index (κ1) is 36.5. The molecule has 0 N–H and O–H groups in total. The Morgan fingerprint density at radius 3 is 1.83 bits per heavy atom. The van der Waals surface area contributed by atoms with E-state index in [1.807, 2.05) is 84.9 Å². The lowest BCUT2D eigenvalue weighted by molar-refractivity contribution is 0.669. The highest BCUT2D eigenvalue weighted by Gasteiger charge is 2.23. The van der Waals surface area contributed by atoms with Gasteiger partial charge in [0, 0.05) is 49.1 Å². The van der Waals surface area contributed by atoms with Crippen molar-refractivity contribution in [3.63, 3.8) is 0 Å². The molecule has 0 saturated carbocycles. The second-order valence-corrected chi connectivity index (χ2v) is 16.3. The number of aromatic nitrogens is 5. The van der Waals surface area contributed by atoms with Gasteiger partial charge in [0.2, 0.25) is 0 Å². The summed E-state index contributed by atoms with van der Waals surface area (Å²) >= 11 is 0. The molecule has 0 bridgehead atoms. The monoisotopic (exact) mass is 830 g/mol. The van der Waals surface area contributed by atoms with Crippen molar-refractivity contribution in [3.8, 4) is 62.7 Å². The molecule has 0 amide bonds. The number of para-hydroxylation sites is 5. The number of rotatable bonds is 6. The summed E-state index contributed by atoms with van der Waals surface area (Å²) in [7, 11) is 0. The molecule has 65 heavy (non-hydrogen) atoms. The Morgan fingerprint density at radius 2 is 1.03 bits per heavy atom. The van der Waals surface area contributed by atoms with Gasteiger partial charge in [-0.2, -0.15) is 5.26 Å². The molecular formula is C58H34N6O. The summed E-state index contributed by atoms with van der Waals surface area (Å²) in [4.78, 5) is 15.5. The molecule has 7 heteroatoms. The molecule has 0 saturated heterocycles. The van der Waals surface area contributed by atoms with Crippen molar-refractivity contribution in [2.75, 3.05) is 0 Å². The molecule has 13 rings (SSSR count). The van der Waals surface area contributed by atoms with Crippen LogP contribution in [-0.2, 0) is 0 Å². The summed E-state index contributed by atoms with van der Waals surface area (Å²) in [6.07, 6.45) is 0. The number of benzene rings is 9. The maximum absolute atomic E-state index is 11.1. The van der Waals surface area contributed by atoms with Crippen molar-refractivity contribution in [2.24, 2.45) is 0 Å². The molecule has 0 unspecified atom stereocenters. The van der Waals surface area contributed by atoms with E-state index in [-0.39, 0.29) is 0 Å². The Bertz CT molecular complexity index is 4080. The fraction of sp³-hybridized carbons (Fsp3) is 0. The first-order valence-corrected chi connectivity index (χ1v) is 21.6. The van der Waals surface area contributed by atoms with Gasteiger partial charge >= 0.3 is 0 Å². The molecule has 0 radical (unpaired) electrons. The van der Waals surface area contributed by atoms with E-state index in [9.17, 15) is 5.26 Å². The van der Waals surface area contributed by atoms with Crippen LogP contribution in [0.4, 0.5) is 0 Å². The predicted molar refractivity (Wildman–Crippen MR) is 262 cm³/mol. The highest BCUT2D eigenvalue weighted by atomic mass is 16.3. The van der Waals surface area contributed by atoms with Gasteiger partial charge in [-0.25, -0.2) is 15.0 Å². The third-order valence-corrected chi connectivity index (χ3v) is 12.6. The second kappa shape index (κ2) is 14.5. The molecule has 302 valence electrons. The summed E-state index contributed by atoms with van der Waals surface area (Å²) in [6, 6.07) is 73.2. The molecule has 4 heterocycles. The van der Waals surface area contributed by atoms with Gasteiger partial charge in [-0.15, -0.1) is 0 Å². The average Bonchev–Trinajstić information content (AvgIpc) is 4.04.